The molecule has 1 aromatic heterocycles. The van der Waals surface area contributed by atoms with Gasteiger partial charge in [0, 0.05) is 19.5 Å². The van der Waals surface area contributed by atoms with Crippen molar-refractivity contribution < 1.29 is 0 Å². The molecule has 1 atom stereocenters. The molecule has 2 N–H and O–H groups in total. The molecule has 0 bridgehead atoms. The predicted octanol–water partition coefficient (Wildman–Crippen LogP) is 2.88. The van der Waals surface area contributed by atoms with Crippen molar-refractivity contribution in [2.24, 2.45) is 0 Å². The minimum absolute atomic E-state index is 0.626. The third-order valence-corrected chi connectivity index (χ3v) is 3.50. The molecule has 0 amide bonds. The Hall–Kier alpha value is -2.03. The molecule has 1 unspecified atom stereocenters. The van der Waals surface area contributed by atoms with Gasteiger partial charge in [0.05, 0.1) is 0 Å². The maximum atomic E-state index is 4.46. The van der Waals surface area contributed by atoms with E-state index in [-0.39, 0.29) is 0 Å². The van der Waals surface area contributed by atoms with Gasteiger partial charge in [0.2, 0.25) is 0 Å². The molecule has 1 heterocycles. The molecule has 3 rings (SSSR count). The first-order chi connectivity index (χ1) is 8.86. The van der Waals surface area contributed by atoms with Crippen LogP contribution in [0.5, 0.6) is 0 Å². The van der Waals surface area contributed by atoms with Crippen LogP contribution in [0.3, 0.4) is 0 Å². The van der Waals surface area contributed by atoms with Gasteiger partial charge in [0.25, 0.3) is 0 Å². The molecule has 0 spiro atoms. The smallest absolute Gasteiger partial charge is 0.128 e. The highest BCUT2D eigenvalue weighted by atomic mass is 15.0. The minimum Gasteiger partial charge on any atom is -0.373 e. The molecule has 3 heteroatoms. The minimum atomic E-state index is 0.626. The number of fused-ring (bicyclic) bond motifs is 1. The summed E-state index contributed by atoms with van der Waals surface area (Å²) in [5.41, 5.74) is 2.97. The molecule has 2 aromatic rings. The molecular weight excluding hydrogens is 222 g/mol. The number of nitrogens with zero attached hydrogens (tertiary/aromatic N) is 1. The molecule has 1 aliphatic carbocycles. The van der Waals surface area contributed by atoms with Crippen LogP contribution in [0.25, 0.3) is 0 Å². The van der Waals surface area contributed by atoms with Crippen LogP contribution in [-0.2, 0) is 6.42 Å². The van der Waals surface area contributed by atoms with Gasteiger partial charge in [-0.2, -0.15) is 0 Å². The number of pyridine rings is 1. The maximum absolute atomic E-state index is 4.46. The van der Waals surface area contributed by atoms with Crippen LogP contribution in [0.2, 0.25) is 0 Å². The summed E-state index contributed by atoms with van der Waals surface area (Å²) in [5, 5.41) is 6.46. The SMILES string of the molecule is CNc1cccc(NCC2Cc3ccccc32)n1. The monoisotopic (exact) mass is 239 g/mol. The van der Waals surface area contributed by atoms with Crippen molar-refractivity contribution in [3.63, 3.8) is 0 Å². The lowest BCUT2D eigenvalue weighted by Gasteiger charge is -2.30. The summed E-state index contributed by atoms with van der Waals surface area (Å²) < 4.78 is 0. The van der Waals surface area contributed by atoms with Crippen LogP contribution in [0.1, 0.15) is 17.0 Å². The first kappa shape index (κ1) is 11.1. The third kappa shape index (κ3) is 2.04. The Kier molecular flexibility index (Phi) is 2.89. The zero-order chi connectivity index (χ0) is 12.4. The molecule has 18 heavy (non-hydrogen) atoms. The van der Waals surface area contributed by atoms with E-state index in [1.165, 1.54) is 17.5 Å². The van der Waals surface area contributed by atoms with Gasteiger partial charge in [-0.05, 0) is 29.7 Å². The van der Waals surface area contributed by atoms with E-state index >= 15 is 0 Å². The predicted molar refractivity (Wildman–Crippen MR) is 75.2 cm³/mol. The van der Waals surface area contributed by atoms with E-state index in [4.69, 9.17) is 0 Å². The zero-order valence-corrected chi connectivity index (χ0v) is 10.5. The standard InChI is InChI=1S/C15H17N3/c1-16-14-7-4-8-15(18-14)17-10-12-9-11-5-2-3-6-13(11)12/h2-8,12H,9-10H2,1H3,(H2,16,17,18). The van der Waals surface area contributed by atoms with Gasteiger partial charge in [0.15, 0.2) is 0 Å². The molecule has 0 saturated carbocycles. The fourth-order valence-corrected chi connectivity index (χ4v) is 2.44. The Morgan fingerprint density at radius 3 is 2.78 bits per heavy atom. The summed E-state index contributed by atoms with van der Waals surface area (Å²) in [5.74, 6) is 2.46. The van der Waals surface area contributed by atoms with Gasteiger partial charge in [-0.3, -0.25) is 0 Å². The lowest BCUT2D eigenvalue weighted by atomic mass is 9.77. The molecular formula is C15H17N3. The second-order valence-corrected chi connectivity index (χ2v) is 4.64. The number of aromatic nitrogens is 1. The Morgan fingerprint density at radius 2 is 1.94 bits per heavy atom. The number of anilines is 2. The number of benzene rings is 1. The first-order valence-electron chi connectivity index (χ1n) is 6.33. The average molecular weight is 239 g/mol. The fourth-order valence-electron chi connectivity index (χ4n) is 2.44. The van der Waals surface area contributed by atoms with Crippen molar-refractivity contribution in [1.29, 1.82) is 0 Å². The van der Waals surface area contributed by atoms with Gasteiger partial charge in [-0.1, -0.05) is 30.3 Å². The fraction of sp³-hybridized carbons (Fsp3) is 0.267. The van der Waals surface area contributed by atoms with Crippen LogP contribution < -0.4 is 10.6 Å². The first-order valence-corrected chi connectivity index (χ1v) is 6.33. The van der Waals surface area contributed by atoms with E-state index < -0.39 is 0 Å². The van der Waals surface area contributed by atoms with E-state index in [0.717, 1.165) is 18.2 Å². The maximum Gasteiger partial charge on any atom is 0.128 e. The van der Waals surface area contributed by atoms with E-state index in [1.807, 2.05) is 25.2 Å². The summed E-state index contributed by atoms with van der Waals surface area (Å²) in [6.45, 7) is 0.956. The highest BCUT2D eigenvalue weighted by molar-refractivity contribution is 5.46. The number of rotatable bonds is 4. The van der Waals surface area contributed by atoms with Gasteiger partial charge >= 0.3 is 0 Å². The average Bonchev–Trinajstić information content (AvgIpc) is 2.40. The number of nitrogens with one attached hydrogen (secondary N) is 2. The van der Waals surface area contributed by atoms with Crippen molar-refractivity contribution in [3.8, 4) is 0 Å². The summed E-state index contributed by atoms with van der Waals surface area (Å²) in [6.07, 6.45) is 1.18. The largest absolute Gasteiger partial charge is 0.373 e. The van der Waals surface area contributed by atoms with Crippen molar-refractivity contribution in [2.75, 3.05) is 24.2 Å². The Bertz CT molecular complexity index is 551. The zero-order valence-electron chi connectivity index (χ0n) is 10.5. The van der Waals surface area contributed by atoms with Gasteiger partial charge in [-0.15, -0.1) is 0 Å². The van der Waals surface area contributed by atoms with Crippen LogP contribution >= 0.6 is 0 Å². The molecule has 0 fully saturated rings. The van der Waals surface area contributed by atoms with Gasteiger partial charge in [-0.25, -0.2) is 4.98 Å². The molecule has 0 radical (unpaired) electrons. The topological polar surface area (TPSA) is 37.0 Å². The Labute approximate surface area is 107 Å². The highest BCUT2D eigenvalue weighted by Crippen LogP contribution is 2.34. The number of hydrogen-bond acceptors (Lipinski definition) is 3. The molecule has 3 nitrogen and oxygen atoms in total. The lowest BCUT2D eigenvalue weighted by molar-refractivity contribution is 0.635. The summed E-state index contributed by atoms with van der Waals surface area (Å²) >= 11 is 0. The molecule has 0 aliphatic heterocycles. The Balaban J connectivity index is 1.63. The molecule has 0 saturated heterocycles. The second kappa shape index (κ2) is 4.69. The van der Waals surface area contributed by atoms with Crippen molar-refractivity contribution in [2.45, 2.75) is 12.3 Å². The highest BCUT2D eigenvalue weighted by Gasteiger charge is 2.24. The van der Waals surface area contributed by atoms with Crippen molar-refractivity contribution in [1.82, 2.24) is 4.98 Å². The summed E-state index contributed by atoms with van der Waals surface area (Å²) in [6, 6.07) is 14.6. The second-order valence-electron chi connectivity index (χ2n) is 4.64. The molecule has 92 valence electrons. The van der Waals surface area contributed by atoms with Crippen LogP contribution in [0.15, 0.2) is 42.5 Å². The molecule has 1 aliphatic rings. The van der Waals surface area contributed by atoms with Gasteiger partial charge < -0.3 is 10.6 Å². The normalized spacial score (nSPS) is 16.6. The summed E-state index contributed by atoms with van der Waals surface area (Å²) in [4.78, 5) is 4.46. The summed E-state index contributed by atoms with van der Waals surface area (Å²) in [7, 11) is 1.88. The van der Waals surface area contributed by atoms with Crippen molar-refractivity contribution in [3.05, 3.63) is 53.6 Å². The van der Waals surface area contributed by atoms with E-state index in [1.54, 1.807) is 0 Å². The van der Waals surface area contributed by atoms with Crippen LogP contribution in [0.4, 0.5) is 11.6 Å². The molecule has 1 aromatic carbocycles. The van der Waals surface area contributed by atoms with E-state index in [2.05, 4.69) is 39.9 Å². The lowest BCUT2D eigenvalue weighted by Crippen LogP contribution is -2.24. The van der Waals surface area contributed by atoms with Gasteiger partial charge in [0.1, 0.15) is 11.6 Å². The van der Waals surface area contributed by atoms with E-state index in [9.17, 15) is 0 Å². The third-order valence-electron chi connectivity index (χ3n) is 3.50. The van der Waals surface area contributed by atoms with Crippen LogP contribution in [-0.4, -0.2) is 18.6 Å². The number of hydrogen-bond donors (Lipinski definition) is 2. The quantitative estimate of drug-likeness (QED) is 0.861. The Morgan fingerprint density at radius 1 is 1.11 bits per heavy atom. The van der Waals surface area contributed by atoms with E-state index in [0.29, 0.717) is 5.92 Å². The van der Waals surface area contributed by atoms with Crippen LogP contribution in [0, 0.1) is 0 Å². The van der Waals surface area contributed by atoms with Crippen molar-refractivity contribution >= 4 is 11.6 Å².